The van der Waals surface area contributed by atoms with E-state index in [0.29, 0.717) is 18.0 Å². The molecule has 1 N–H and O–H groups in total. The van der Waals surface area contributed by atoms with E-state index in [2.05, 4.69) is 5.32 Å². The second-order valence-corrected chi connectivity index (χ2v) is 8.63. The fourth-order valence-electron chi connectivity index (χ4n) is 2.78. The summed E-state index contributed by atoms with van der Waals surface area (Å²) in [6.07, 6.45) is 0. The lowest BCUT2D eigenvalue weighted by Crippen LogP contribution is -2.30. The van der Waals surface area contributed by atoms with Crippen molar-refractivity contribution in [2.24, 2.45) is 0 Å². The van der Waals surface area contributed by atoms with Crippen molar-refractivity contribution in [3.63, 3.8) is 0 Å². The monoisotopic (exact) mass is 468 g/mol. The molecule has 31 heavy (non-hydrogen) atoms. The number of carbonyl (C=O) groups is 2. The highest BCUT2D eigenvalue weighted by Gasteiger charge is 2.24. The van der Waals surface area contributed by atoms with E-state index in [1.807, 2.05) is 6.92 Å². The first-order chi connectivity index (χ1) is 14.7. The van der Waals surface area contributed by atoms with Gasteiger partial charge in [0.1, 0.15) is 5.75 Å². The van der Waals surface area contributed by atoms with Crippen molar-refractivity contribution in [2.45, 2.75) is 25.7 Å². The van der Waals surface area contributed by atoms with Crippen molar-refractivity contribution >= 4 is 39.2 Å². The summed E-state index contributed by atoms with van der Waals surface area (Å²) >= 11 is 6.06. The van der Waals surface area contributed by atoms with E-state index >= 15 is 0 Å². The van der Waals surface area contributed by atoms with Crippen LogP contribution >= 0.6 is 11.6 Å². The van der Waals surface area contributed by atoms with Crippen LogP contribution in [0.1, 0.15) is 31.1 Å². The summed E-state index contributed by atoms with van der Waals surface area (Å²) in [5.41, 5.74) is 0.299. The lowest BCUT2D eigenvalue weighted by atomic mass is 10.2. The molecule has 0 heterocycles. The Kier molecular flexibility index (Phi) is 8.85. The van der Waals surface area contributed by atoms with Crippen molar-refractivity contribution in [2.75, 3.05) is 31.6 Å². The number of amides is 1. The summed E-state index contributed by atoms with van der Waals surface area (Å²) in [5.74, 6) is -1.000. The fourth-order valence-corrected chi connectivity index (χ4v) is 4.46. The highest BCUT2D eigenvalue weighted by molar-refractivity contribution is 7.89. The predicted molar refractivity (Wildman–Crippen MR) is 118 cm³/mol. The number of ether oxygens (including phenoxy) is 2. The molecule has 2 aromatic rings. The minimum absolute atomic E-state index is 0.0191. The molecule has 2 aromatic carbocycles. The maximum Gasteiger partial charge on any atom is 0.340 e. The zero-order chi connectivity index (χ0) is 23.0. The molecule has 0 saturated carbocycles. The zero-order valence-electron chi connectivity index (χ0n) is 17.6. The summed E-state index contributed by atoms with van der Waals surface area (Å²) in [5, 5.41) is 2.62. The van der Waals surface area contributed by atoms with Gasteiger partial charge in [0.05, 0.1) is 27.8 Å². The van der Waals surface area contributed by atoms with E-state index in [9.17, 15) is 18.0 Å². The smallest absolute Gasteiger partial charge is 0.340 e. The Labute approximate surface area is 187 Å². The number of sulfonamides is 1. The molecule has 0 fully saturated rings. The van der Waals surface area contributed by atoms with E-state index < -0.39 is 28.5 Å². The number of anilines is 1. The van der Waals surface area contributed by atoms with Gasteiger partial charge >= 0.3 is 5.97 Å². The van der Waals surface area contributed by atoms with Gasteiger partial charge in [-0.2, -0.15) is 4.31 Å². The molecule has 1 amide bonds. The van der Waals surface area contributed by atoms with Gasteiger partial charge in [-0.3, -0.25) is 4.79 Å². The fraction of sp³-hybridized carbons (Fsp3) is 0.333. The summed E-state index contributed by atoms with van der Waals surface area (Å²) < 4.78 is 37.1. The quantitative estimate of drug-likeness (QED) is 0.535. The number of hydrogen-bond acceptors (Lipinski definition) is 6. The van der Waals surface area contributed by atoms with Crippen molar-refractivity contribution in [3.05, 3.63) is 53.1 Å². The molecule has 0 spiro atoms. The summed E-state index contributed by atoms with van der Waals surface area (Å²) in [7, 11) is -3.78. The summed E-state index contributed by atoms with van der Waals surface area (Å²) in [4.78, 5) is 24.6. The van der Waals surface area contributed by atoms with Crippen molar-refractivity contribution in [3.8, 4) is 5.75 Å². The van der Waals surface area contributed by atoms with Crippen LogP contribution in [-0.4, -0.2) is 50.9 Å². The number of carbonyl (C=O) groups excluding carboxylic acids is 2. The molecule has 0 aliphatic heterocycles. The van der Waals surface area contributed by atoms with Gasteiger partial charge in [-0.15, -0.1) is 0 Å². The number of esters is 1. The SMILES string of the molecule is CCOc1ccccc1NC(=O)COC(=O)c1cc(S(=O)(=O)N(CC)CC)ccc1Cl. The minimum atomic E-state index is -3.78. The first-order valence-corrected chi connectivity index (χ1v) is 11.5. The lowest BCUT2D eigenvalue weighted by molar-refractivity contribution is -0.119. The Morgan fingerprint density at radius 1 is 1.06 bits per heavy atom. The van der Waals surface area contributed by atoms with Crippen LogP contribution in [0.5, 0.6) is 5.75 Å². The van der Waals surface area contributed by atoms with Crippen molar-refractivity contribution in [1.82, 2.24) is 4.31 Å². The second kappa shape index (κ2) is 11.1. The molecule has 0 saturated heterocycles. The molecule has 168 valence electrons. The van der Waals surface area contributed by atoms with E-state index in [1.165, 1.54) is 16.4 Å². The average molecular weight is 469 g/mol. The molecule has 0 aliphatic rings. The number of para-hydroxylation sites is 2. The number of nitrogens with one attached hydrogen (secondary N) is 1. The zero-order valence-corrected chi connectivity index (χ0v) is 19.1. The van der Waals surface area contributed by atoms with Gasteiger partial charge in [0.15, 0.2) is 6.61 Å². The van der Waals surface area contributed by atoms with Crippen LogP contribution in [0, 0.1) is 0 Å². The molecule has 0 aromatic heterocycles. The van der Waals surface area contributed by atoms with Gasteiger partial charge in [-0.05, 0) is 37.3 Å². The van der Waals surface area contributed by atoms with Gasteiger partial charge in [0.25, 0.3) is 5.91 Å². The molecule has 0 unspecified atom stereocenters. The predicted octanol–water partition coefficient (Wildman–Crippen LogP) is 3.56. The number of nitrogens with zero attached hydrogens (tertiary/aromatic N) is 1. The van der Waals surface area contributed by atoms with E-state index in [0.717, 1.165) is 6.07 Å². The standard InChI is InChI=1S/C21H25ClN2O6S/c1-4-24(5-2)31(27,28)15-11-12-17(22)16(13-15)21(26)30-14-20(25)23-18-9-7-8-10-19(18)29-6-3/h7-13H,4-6,14H2,1-3H3,(H,23,25). The van der Waals surface area contributed by atoms with Crippen LogP contribution in [0.2, 0.25) is 5.02 Å². The number of hydrogen-bond donors (Lipinski definition) is 1. The Morgan fingerprint density at radius 2 is 1.74 bits per heavy atom. The van der Waals surface area contributed by atoms with E-state index in [1.54, 1.807) is 38.1 Å². The van der Waals surface area contributed by atoms with Gasteiger partial charge in [-0.1, -0.05) is 37.6 Å². The van der Waals surface area contributed by atoms with E-state index in [4.69, 9.17) is 21.1 Å². The van der Waals surface area contributed by atoms with Crippen LogP contribution in [0.25, 0.3) is 0 Å². The number of rotatable bonds is 10. The van der Waals surface area contributed by atoms with Gasteiger partial charge in [0.2, 0.25) is 10.0 Å². The maximum absolute atomic E-state index is 12.7. The first kappa shape index (κ1) is 24.6. The van der Waals surface area contributed by atoms with Gasteiger partial charge in [-0.25, -0.2) is 13.2 Å². The third-order valence-electron chi connectivity index (χ3n) is 4.30. The highest BCUT2D eigenvalue weighted by Crippen LogP contribution is 2.25. The molecular weight excluding hydrogens is 444 g/mol. The molecular formula is C21H25ClN2O6S. The van der Waals surface area contributed by atoms with Crippen LogP contribution in [0.15, 0.2) is 47.4 Å². The van der Waals surface area contributed by atoms with Gasteiger partial charge < -0.3 is 14.8 Å². The van der Waals surface area contributed by atoms with Crippen molar-refractivity contribution < 1.29 is 27.5 Å². The first-order valence-electron chi connectivity index (χ1n) is 9.73. The molecule has 0 aliphatic carbocycles. The Bertz CT molecular complexity index is 1040. The topological polar surface area (TPSA) is 102 Å². The highest BCUT2D eigenvalue weighted by atomic mass is 35.5. The van der Waals surface area contributed by atoms with Gasteiger partial charge in [0, 0.05) is 13.1 Å². The molecule has 2 rings (SSSR count). The largest absolute Gasteiger partial charge is 0.492 e. The molecule has 8 nitrogen and oxygen atoms in total. The molecule has 10 heteroatoms. The van der Waals surface area contributed by atoms with Crippen LogP contribution < -0.4 is 10.1 Å². The van der Waals surface area contributed by atoms with Crippen molar-refractivity contribution in [1.29, 1.82) is 0 Å². The lowest BCUT2D eigenvalue weighted by Gasteiger charge is -2.19. The second-order valence-electron chi connectivity index (χ2n) is 6.28. The maximum atomic E-state index is 12.7. The summed E-state index contributed by atoms with van der Waals surface area (Å²) in [6, 6.07) is 10.6. The van der Waals surface area contributed by atoms with Crippen LogP contribution in [0.4, 0.5) is 5.69 Å². The Hall–Kier alpha value is -2.62. The third-order valence-corrected chi connectivity index (χ3v) is 6.67. The van der Waals surface area contributed by atoms with Crippen LogP contribution in [-0.2, 0) is 19.6 Å². The number of benzene rings is 2. The molecule has 0 bridgehead atoms. The van der Waals surface area contributed by atoms with Crippen LogP contribution in [0.3, 0.4) is 0 Å². The normalized spacial score (nSPS) is 11.3. The summed E-state index contributed by atoms with van der Waals surface area (Å²) in [6.45, 7) is 5.66. The number of halogens is 1. The Morgan fingerprint density at radius 3 is 2.39 bits per heavy atom. The molecule has 0 atom stereocenters. The minimum Gasteiger partial charge on any atom is -0.492 e. The van der Waals surface area contributed by atoms with E-state index in [-0.39, 0.29) is 28.6 Å². The third kappa shape index (κ3) is 6.19. The Balaban J connectivity index is 2.11. The molecule has 0 radical (unpaired) electrons. The average Bonchev–Trinajstić information content (AvgIpc) is 2.74.